The number of nitrogens with zero attached hydrogens (tertiary/aromatic N) is 3. The van der Waals surface area contributed by atoms with Gasteiger partial charge in [0, 0.05) is 18.3 Å². The molecule has 0 aliphatic carbocycles. The maximum absolute atomic E-state index is 13.0. The third-order valence-corrected chi connectivity index (χ3v) is 3.18. The molecule has 5 nitrogen and oxygen atoms in total. The first-order valence-corrected chi connectivity index (χ1v) is 7.25. The highest BCUT2D eigenvalue weighted by atomic mass is 19.4. The fourth-order valence-corrected chi connectivity index (χ4v) is 1.75. The lowest BCUT2D eigenvalue weighted by Gasteiger charge is -2.15. The third kappa shape index (κ3) is 5.08. The minimum atomic E-state index is -4.53. The Hall–Kier alpha value is -2.38. The van der Waals surface area contributed by atoms with Gasteiger partial charge in [-0.15, -0.1) is 0 Å². The summed E-state index contributed by atoms with van der Waals surface area (Å²) < 4.78 is 38.9. The molecule has 0 unspecified atom stereocenters. The second-order valence-electron chi connectivity index (χ2n) is 5.09. The van der Waals surface area contributed by atoms with Gasteiger partial charge in [0.2, 0.25) is 5.95 Å². The van der Waals surface area contributed by atoms with E-state index in [9.17, 15) is 13.2 Å². The van der Waals surface area contributed by atoms with Crippen LogP contribution in [0.2, 0.25) is 0 Å². The van der Waals surface area contributed by atoms with Crippen LogP contribution in [0, 0.1) is 0 Å². The summed E-state index contributed by atoms with van der Waals surface area (Å²) in [5.74, 6) is 0.0569. The predicted molar refractivity (Wildman–Crippen MR) is 82.0 cm³/mol. The highest BCUT2D eigenvalue weighted by molar-refractivity contribution is 5.43. The number of pyridine rings is 1. The van der Waals surface area contributed by atoms with Crippen LogP contribution in [0.4, 0.5) is 24.9 Å². The van der Waals surface area contributed by atoms with Crippen molar-refractivity contribution in [2.45, 2.75) is 39.0 Å². The Morgan fingerprint density at radius 3 is 2.61 bits per heavy atom. The van der Waals surface area contributed by atoms with E-state index in [2.05, 4.69) is 25.6 Å². The van der Waals surface area contributed by atoms with Crippen LogP contribution < -0.4 is 10.6 Å². The van der Waals surface area contributed by atoms with E-state index >= 15 is 0 Å². The van der Waals surface area contributed by atoms with Gasteiger partial charge in [0.15, 0.2) is 5.69 Å². The molecule has 0 spiro atoms. The number of nitrogens with one attached hydrogen (secondary N) is 2. The molecule has 2 rings (SSSR count). The van der Waals surface area contributed by atoms with Crippen molar-refractivity contribution in [1.82, 2.24) is 15.0 Å². The molecule has 0 amide bonds. The van der Waals surface area contributed by atoms with Crippen LogP contribution in [0.1, 0.15) is 31.7 Å². The molecule has 0 aliphatic heterocycles. The zero-order chi connectivity index (χ0) is 16.9. The van der Waals surface area contributed by atoms with Crippen LogP contribution in [0.15, 0.2) is 30.5 Å². The van der Waals surface area contributed by atoms with Gasteiger partial charge in [0.25, 0.3) is 0 Å². The van der Waals surface area contributed by atoms with Crippen molar-refractivity contribution in [2.75, 3.05) is 10.6 Å². The predicted octanol–water partition coefficient (Wildman–Crippen LogP) is 3.71. The summed E-state index contributed by atoms with van der Waals surface area (Å²) in [6, 6.07) is 6.22. The molecule has 2 N–H and O–H groups in total. The van der Waals surface area contributed by atoms with E-state index in [0.29, 0.717) is 5.69 Å². The number of anilines is 2. The fourth-order valence-electron chi connectivity index (χ4n) is 1.75. The number of aromatic nitrogens is 3. The van der Waals surface area contributed by atoms with E-state index < -0.39 is 11.9 Å². The summed E-state index contributed by atoms with van der Waals surface area (Å²) in [6.45, 7) is 4.05. The SMILES string of the molecule is CC[C@H](C)Nc1nc(NCc2ccccn2)cc(C(F)(F)F)n1. The van der Waals surface area contributed by atoms with Gasteiger partial charge in [-0.2, -0.15) is 18.2 Å². The Labute approximate surface area is 132 Å². The summed E-state index contributed by atoms with van der Waals surface area (Å²) in [7, 11) is 0. The van der Waals surface area contributed by atoms with Crippen LogP contribution in [-0.2, 0) is 12.7 Å². The first-order valence-electron chi connectivity index (χ1n) is 7.25. The molecule has 23 heavy (non-hydrogen) atoms. The molecule has 8 heteroatoms. The van der Waals surface area contributed by atoms with E-state index in [0.717, 1.165) is 12.5 Å². The number of alkyl halides is 3. The fraction of sp³-hybridized carbons (Fsp3) is 0.400. The van der Waals surface area contributed by atoms with Gasteiger partial charge in [-0.3, -0.25) is 4.98 Å². The monoisotopic (exact) mass is 325 g/mol. The Kier molecular flexibility index (Phi) is 5.36. The van der Waals surface area contributed by atoms with Gasteiger partial charge in [-0.1, -0.05) is 13.0 Å². The highest BCUT2D eigenvalue weighted by Gasteiger charge is 2.33. The molecule has 124 valence electrons. The smallest absolute Gasteiger partial charge is 0.364 e. The van der Waals surface area contributed by atoms with Crippen molar-refractivity contribution in [2.24, 2.45) is 0 Å². The van der Waals surface area contributed by atoms with Crippen molar-refractivity contribution in [3.63, 3.8) is 0 Å². The van der Waals surface area contributed by atoms with Crippen molar-refractivity contribution in [3.8, 4) is 0 Å². The van der Waals surface area contributed by atoms with Crippen LogP contribution in [-0.4, -0.2) is 21.0 Å². The molecule has 2 aromatic heterocycles. The van der Waals surface area contributed by atoms with Crippen LogP contribution in [0.5, 0.6) is 0 Å². The number of rotatable bonds is 6. The average molecular weight is 325 g/mol. The Balaban J connectivity index is 2.21. The van der Waals surface area contributed by atoms with Crippen molar-refractivity contribution in [3.05, 3.63) is 41.9 Å². The van der Waals surface area contributed by atoms with Crippen LogP contribution in [0.25, 0.3) is 0 Å². The second-order valence-corrected chi connectivity index (χ2v) is 5.09. The molecule has 0 aromatic carbocycles. The largest absolute Gasteiger partial charge is 0.433 e. The molecule has 2 heterocycles. The standard InChI is InChI=1S/C15H18F3N5/c1-3-10(2)21-14-22-12(15(16,17)18)8-13(23-14)20-9-11-6-4-5-7-19-11/h4-8,10H,3,9H2,1-2H3,(H2,20,21,22,23)/t10-/m0/s1. The summed E-state index contributed by atoms with van der Waals surface area (Å²) in [6.07, 6.45) is -2.17. The van der Waals surface area contributed by atoms with Crippen molar-refractivity contribution in [1.29, 1.82) is 0 Å². The quantitative estimate of drug-likeness (QED) is 0.848. The second kappa shape index (κ2) is 7.26. The van der Waals surface area contributed by atoms with Crippen LogP contribution >= 0.6 is 0 Å². The molecule has 0 radical (unpaired) electrons. The van der Waals surface area contributed by atoms with E-state index in [1.807, 2.05) is 13.8 Å². The minimum absolute atomic E-state index is 0.0258. The zero-order valence-corrected chi connectivity index (χ0v) is 12.9. The van der Waals surface area contributed by atoms with Gasteiger partial charge < -0.3 is 10.6 Å². The van der Waals surface area contributed by atoms with E-state index in [1.54, 1.807) is 24.4 Å². The van der Waals surface area contributed by atoms with Crippen molar-refractivity contribution >= 4 is 11.8 Å². The van der Waals surface area contributed by atoms with Gasteiger partial charge >= 0.3 is 6.18 Å². The van der Waals surface area contributed by atoms with E-state index in [4.69, 9.17) is 0 Å². The van der Waals surface area contributed by atoms with Crippen molar-refractivity contribution < 1.29 is 13.2 Å². The van der Waals surface area contributed by atoms with E-state index in [-0.39, 0.29) is 24.4 Å². The van der Waals surface area contributed by atoms with Crippen LogP contribution in [0.3, 0.4) is 0 Å². The van der Waals surface area contributed by atoms with Gasteiger partial charge in [0.05, 0.1) is 12.2 Å². The van der Waals surface area contributed by atoms with Gasteiger partial charge in [-0.25, -0.2) is 4.98 Å². The molecular formula is C15H18F3N5. The number of halogens is 3. The van der Waals surface area contributed by atoms with E-state index in [1.165, 1.54) is 0 Å². The maximum Gasteiger partial charge on any atom is 0.433 e. The Bertz CT molecular complexity index is 631. The summed E-state index contributed by atoms with van der Waals surface area (Å²) >= 11 is 0. The molecule has 0 bridgehead atoms. The molecule has 0 aliphatic rings. The third-order valence-electron chi connectivity index (χ3n) is 3.18. The lowest BCUT2D eigenvalue weighted by atomic mass is 10.3. The molecule has 0 saturated heterocycles. The summed E-state index contributed by atoms with van der Waals surface area (Å²) in [5.41, 5.74) is -0.280. The van der Waals surface area contributed by atoms with Gasteiger partial charge in [-0.05, 0) is 25.5 Å². The Morgan fingerprint density at radius 1 is 1.22 bits per heavy atom. The molecule has 0 saturated carbocycles. The average Bonchev–Trinajstić information content (AvgIpc) is 2.53. The number of hydrogen-bond acceptors (Lipinski definition) is 5. The maximum atomic E-state index is 13.0. The lowest BCUT2D eigenvalue weighted by Crippen LogP contribution is -2.19. The Morgan fingerprint density at radius 2 is 2.00 bits per heavy atom. The topological polar surface area (TPSA) is 62.7 Å². The lowest BCUT2D eigenvalue weighted by molar-refractivity contribution is -0.141. The zero-order valence-electron chi connectivity index (χ0n) is 12.9. The summed E-state index contributed by atoms with van der Waals surface area (Å²) in [4.78, 5) is 11.7. The first-order chi connectivity index (χ1) is 10.9. The normalized spacial score (nSPS) is 12.7. The van der Waals surface area contributed by atoms with Gasteiger partial charge in [0.1, 0.15) is 5.82 Å². The molecule has 1 atom stereocenters. The first kappa shape index (κ1) is 17.0. The molecule has 2 aromatic rings. The minimum Gasteiger partial charge on any atom is -0.364 e. The number of hydrogen-bond donors (Lipinski definition) is 2. The molecule has 0 fully saturated rings. The summed E-state index contributed by atoms with van der Waals surface area (Å²) in [5, 5.41) is 5.72. The molecular weight excluding hydrogens is 307 g/mol. The highest BCUT2D eigenvalue weighted by Crippen LogP contribution is 2.29.